The van der Waals surface area contributed by atoms with Gasteiger partial charge in [-0.1, -0.05) is 26.7 Å². The standard InChI is InChI=1S/C12H20O2/c1-4-7-8-12(5-2)10(13)9-11(12)14-6-3/h9H,4-8H2,1-3H3. The minimum Gasteiger partial charge on any atom is -0.497 e. The molecule has 0 aliphatic heterocycles. The first-order valence-corrected chi connectivity index (χ1v) is 5.60. The highest BCUT2D eigenvalue weighted by molar-refractivity contribution is 6.04. The summed E-state index contributed by atoms with van der Waals surface area (Å²) in [6, 6.07) is 0. The molecule has 14 heavy (non-hydrogen) atoms. The van der Waals surface area contributed by atoms with Crippen LogP contribution < -0.4 is 0 Å². The van der Waals surface area contributed by atoms with Crippen molar-refractivity contribution < 1.29 is 9.53 Å². The largest absolute Gasteiger partial charge is 0.497 e. The van der Waals surface area contributed by atoms with Crippen molar-refractivity contribution >= 4 is 5.78 Å². The van der Waals surface area contributed by atoms with Crippen LogP contribution in [-0.2, 0) is 9.53 Å². The van der Waals surface area contributed by atoms with Gasteiger partial charge in [-0.25, -0.2) is 0 Å². The highest BCUT2D eigenvalue weighted by atomic mass is 16.5. The van der Waals surface area contributed by atoms with Crippen molar-refractivity contribution in [3.63, 3.8) is 0 Å². The Morgan fingerprint density at radius 3 is 2.50 bits per heavy atom. The molecular weight excluding hydrogens is 176 g/mol. The molecule has 1 aliphatic rings. The normalized spacial score (nSPS) is 25.6. The summed E-state index contributed by atoms with van der Waals surface area (Å²) in [5.41, 5.74) is -0.258. The third-order valence-corrected chi connectivity index (χ3v) is 3.07. The number of ketones is 1. The van der Waals surface area contributed by atoms with E-state index in [0.29, 0.717) is 6.61 Å². The highest BCUT2D eigenvalue weighted by Gasteiger charge is 2.47. The second-order valence-corrected chi connectivity index (χ2v) is 3.85. The zero-order valence-electron chi connectivity index (χ0n) is 9.43. The first kappa shape index (κ1) is 11.3. The Hall–Kier alpha value is -0.790. The summed E-state index contributed by atoms with van der Waals surface area (Å²) in [6.45, 7) is 6.84. The Labute approximate surface area is 86.3 Å². The molecule has 2 heteroatoms. The van der Waals surface area contributed by atoms with Gasteiger partial charge in [-0.3, -0.25) is 4.79 Å². The fourth-order valence-electron chi connectivity index (χ4n) is 2.02. The molecule has 0 bridgehead atoms. The molecule has 0 saturated heterocycles. The maximum absolute atomic E-state index is 11.6. The van der Waals surface area contributed by atoms with Gasteiger partial charge in [-0.2, -0.15) is 0 Å². The molecule has 1 atom stereocenters. The molecule has 0 spiro atoms. The van der Waals surface area contributed by atoms with Gasteiger partial charge in [0.15, 0.2) is 5.78 Å². The van der Waals surface area contributed by atoms with Crippen molar-refractivity contribution in [1.29, 1.82) is 0 Å². The second-order valence-electron chi connectivity index (χ2n) is 3.85. The van der Waals surface area contributed by atoms with E-state index in [1.54, 1.807) is 6.08 Å². The number of unbranched alkanes of at least 4 members (excludes halogenated alkanes) is 1. The number of carbonyl (C=O) groups is 1. The Bertz CT molecular complexity index is 243. The zero-order chi connectivity index (χ0) is 10.6. The molecule has 80 valence electrons. The minimum absolute atomic E-state index is 0.258. The molecule has 0 N–H and O–H groups in total. The van der Waals surface area contributed by atoms with Crippen LogP contribution in [0.5, 0.6) is 0 Å². The fraction of sp³-hybridized carbons (Fsp3) is 0.750. The SMILES string of the molecule is CCCCC1(CC)C(=O)C=C1OCC. The van der Waals surface area contributed by atoms with E-state index in [1.165, 1.54) is 0 Å². The summed E-state index contributed by atoms with van der Waals surface area (Å²) in [5.74, 6) is 1.18. The summed E-state index contributed by atoms with van der Waals surface area (Å²) in [4.78, 5) is 11.6. The lowest BCUT2D eigenvalue weighted by Crippen LogP contribution is -2.40. The first-order valence-electron chi connectivity index (χ1n) is 5.60. The van der Waals surface area contributed by atoms with Gasteiger partial charge >= 0.3 is 0 Å². The summed E-state index contributed by atoms with van der Waals surface area (Å²) >= 11 is 0. The number of hydrogen-bond donors (Lipinski definition) is 0. The Morgan fingerprint density at radius 2 is 2.07 bits per heavy atom. The van der Waals surface area contributed by atoms with Gasteiger partial charge < -0.3 is 4.74 Å². The lowest BCUT2D eigenvalue weighted by molar-refractivity contribution is -0.129. The van der Waals surface area contributed by atoms with E-state index in [2.05, 4.69) is 13.8 Å². The molecule has 0 aromatic carbocycles. The molecule has 0 amide bonds. The van der Waals surface area contributed by atoms with Crippen molar-refractivity contribution in [1.82, 2.24) is 0 Å². The lowest BCUT2D eigenvalue weighted by Gasteiger charge is -2.38. The summed E-state index contributed by atoms with van der Waals surface area (Å²) in [6.07, 6.45) is 5.71. The Balaban J connectivity index is 2.69. The quantitative estimate of drug-likeness (QED) is 0.652. The van der Waals surface area contributed by atoms with E-state index >= 15 is 0 Å². The molecule has 0 saturated carbocycles. The topological polar surface area (TPSA) is 26.3 Å². The molecule has 0 heterocycles. The van der Waals surface area contributed by atoms with Crippen LogP contribution in [0, 0.1) is 5.41 Å². The smallest absolute Gasteiger partial charge is 0.172 e. The molecule has 0 aromatic rings. The van der Waals surface area contributed by atoms with Gasteiger partial charge in [-0.15, -0.1) is 0 Å². The van der Waals surface area contributed by atoms with Crippen LogP contribution in [0.15, 0.2) is 11.8 Å². The van der Waals surface area contributed by atoms with Crippen molar-refractivity contribution in [2.45, 2.75) is 46.5 Å². The molecule has 1 rings (SSSR count). The van der Waals surface area contributed by atoms with E-state index in [4.69, 9.17) is 4.74 Å². The van der Waals surface area contributed by atoms with Gasteiger partial charge in [0.05, 0.1) is 12.0 Å². The van der Waals surface area contributed by atoms with Crippen LogP contribution in [0.2, 0.25) is 0 Å². The van der Waals surface area contributed by atoms with Crippen LogP contribution in [0.3, 0.4) is 0 Å². The molecule has 0 radical (unpaired) electrons. The number of hydrogen-bond acceptors (Lipinski definition) is 2. The number of rotatable bonds is 6. The average molecular weight is 196 g/mol. The third-order valence-electron chi connectivity index (χ3n) is 3.07. The molecule has 0 aromatic heterocycles. The van der Waals surface area contributed by atoms with Crippen molar-refractivity contribution in [3.05, 3.63) is 11.8 Å². The minimum atomic E-state index is -0.258. The van der Waals surface area contributed by atoms with Gasteiger partial charge in [0, 0.05) is 6.08 Å². The van der Waals surface area contributed by atoms with E-state index in [0.717, 1.165) is 31.4 Å². The van der Waals surface area contributed by atoms with Crippen LogP contribution in [0.4, 0.5) is 0 Å². The summed E-state index contributed by atoms with van der Waals surface area (Å²) < 4.78 is 5.49. The third kappa shape index (κ3) is 1.70. The monoisotopic (exact) mass is 196 g/mol. The zero-order valence-corrected chi connectivity index (χ0v) is 9.43. The van der Waals surface area contributed by atoms with E-state index in [1.807, 2.05) is 6.92 Å². The van der Waals surface area contributed by atoms with Gasteiger partial charge in [-0.05, 0) is 19.8 Å². The molecule has 1 unspecified atom stereocenters. The van der Waals surface area contributed by atoms with E-state index in [-0.39, 0.29) is 11.2 Å². The predicted molar refractivity (Wildman–Crippen MR) is 57.0 cm³/mol. The van der Waals surface area contributed by atoms with Gasteiger partial charge in [0.25, 0.3) is 0 Å². The van der Waals surface area contributed by atoms with Crippen LogP contribution in [0.25, 0.3) is 0 Å². The molecule has 2 nitrogen and oxygen atoms in total. The fourth-order valence-corrected chi connectivity index (χ4v) is 2.02. The Morgan fingerprint density at radius 1 is 1.36 bits per heavy atom. The molecule has 0 fully saturated rings. The lowest BCUT2D eigenvalue weighted by atomic mass is 9.67. The van der Waals surface area contributed by atoms with Crippen LogP contribution in [-0.4, -0.2) is 12.4 Å². The Kier molecular flexibility index (Phi) is 3.73. The highest BCUT2D eigenvalue weighted by Crippen LogP contribution is 2.45. The van der Waals surface area contributed by atoms with E-state index < -0.39 is 0 Å². The maximum atomic E-state index is 11.6. The van der Waals surface area contributed by atoms with Gasteiger partial charge in [0.2, 0.25) is 0 Å². The predicted octanol–water partition coefficient (Wildman–Crippen LogP) is 3.08. The van der Waals surface area contributed by atoms with Crippen LogP contribution >= 0.6 is 0 Å². The van der Waals surface area contributed by atoms with E-state index in [9.17, 15) is 4.79 Å². The average Bonchev–Trinajstić information content (AvgIpc) is 2.19. The van der Waals surface area contributed by atoms with Gasteiger partial charge in [0.1, 0.15) is 5.76 Å². The summed E-state index contributed by atoms with van der Waals surface area (Å²) in [7, 11) is 0. The van der Waals surface area contributed by atoms with Crippen molar-refractivity contribution in [3.8, 4) is 0 Å². The van der Waals surface area contributed by atoms with Crippen LogP contribution in [0.1, 0.15) is 46.5 Å². The molecule has 1 aliphatic carbocycles. The van der Waals surface area contributed by atoms with Crippen molar-refractivity contribution in [2.24, 2.45) is 5.41 Å². The number of carbonyl (C=O) groups excluding carboxylic acids is 1. The van der Waals surface area contributed by atoms with Crippen molar-refractivity contribution in [2.75, 3.05) is 6.61 Å². The number of allylic oxidation sites excluding steroid dienone is 2. The first-order chi connectivity index (χ1) is 6.71. The second kappa shape index (κ2) is 4.63. The maximum Gasteiger partial charge on any atom is 0.172 e. The number of ether oxygens (including phenoxy) is 1. The molecular formula is C12H20O2. The summed E-state index contributed by atoms with van der Waals surface area (Å²) in [5, 5.41) is 0.